The Hall–Kier alpha value is -1.68. The van der Waals surface area contributed by atoms with E-state index in [9.17, 15) is 0 Å². The average molecular weight is 271 g/mol. The van der Waals surface area contributed by atoms with Crippen molar-refractivity contribution in [3.05, 3.63) is 35.7 Å². The molecular formula is C16H21N3O. The van der Waals surface area contributed by atoms with Gasteiger partial charge >= 0.3 is 0 Å². The zero-order valence-electron chi connectivity index (χ0n) is 12.3. The van der Waals surface area contributed by atoms with Crippen LogP contribution >= 0.6 is 0 Å². The van der Waals surface area contributed by atoms with E-state index >= 15 is 0 Å². The lowest BCUT2D eigenvalue weighted by molar-refractivity contribution is 0.345. The maximum absolute atomic E-state index is 5.45. The fourth-order valence-corrected chi connectivity index (χ4v) is 2.72. The number of hydrogen-bond acceptors (Lipinski definition) is 4. The first kappa shape index (κ1) is 13.3. The van der Waals surface area contributed by atoms with Gasteiger partial charge in [-0.1, -0.05) is 43.3 Å². The third kappa shape index (κ3) is 2.48. The van der Waals surface area contributed by atoms with Crippen LogP contribution in [-0.2, 0) is 0 Å². The smallest absolute Gasteiger partial charge is 0.231 e. The normalized spacial score (nSPS) is 22.6. The van der Waals surface area contributed by atoms with E-state index in [0.717, 1.165) is 24.4 Å². The van der Waals surface area contributed by atoms with Crippen LogP contribution in [0.15, 0.2) is 28.8 Å². The molecule has 0 aliphatic carbocycles. The zero-order chi connectivity index (χ0) is 14.1. The van der Waals surface area contributed by atoms with E-state index in [1.807, 2.05) is 0 Å². The van der Waals surface area contributed by atoms with Gasteiger partial charge in [-0.25, -0.2) is 0 Å². The Kier molecular flexibility index (Phi) is 3.57. The molecule has 0 radical (unpaired) electrons. The van der Waals surface area contributed by atoms with Gasteiger partial charge in [0, 0.05) is 11.6 Å². The molecule has 20 heavy (non-hydrogen) atoms. The molecule has 1 fully saturated rings. The molecule has 3 rings (SSSR count). The molecule has 106 valence electrons. The second-order valence-electron chi connectivity index (χ2n) is 5.87. The van der Waals surface area contributed by atoms with Crippen molar-refractivity contribution in [3.8, 4) is 11.4 Å². The monoisotopic (exact) mass is 271 g/mol. The molecule has 2 atom stereocenters. The summed E-state index contributed by atoms with van der Waals surface area (Å²) in [7, 11) is 0. The van der Waals surface area contributed by atoms with E-state index in [4.69, 9.17) is 4.52 Å². The minimum absolute atomic E-state index is 0.339. The Morgan fingerprint density at radius 1 is 1.25 bits per heavy atom. The van der Waals surface area contributed by atoms with Crippen molar-refractivity contribution in [2.24, 2.45) is 0 Å². The average Bonchev–Trinajstić information content (AvgIpc) is 3.07. The molecule has 1 aliphatic rings. The summed E-state index contributed by atoms with van der Waals surface area (Å²) in [5.74, 6) is 2.32. The number of nitrogens with zero attached hydrogens (tertiary/aromatic N) is 2. The third-order valence-corrected chi connectivity index (χ3v) is 4.12. The standard InChI is InChI=1S/C16H21N3O/c1-10(2)12-4-6-13(7-5-12)15-18-16(20-19-15)14-8-9-17-11(14)3/h4-7,10-11,14,17H,8-9H2,1-3H3. The van der Waals surface area contributed by atoms with E-state index in [2.05, 4.69) is 60.5 Å². The topological polar surface area (TPSA) is 51.0 Å². The number of benzene rings is 1. The van der Waals surface area contributed by atoms with Crippen LogP contribution in [0.2, 0.25) is 0 Å². The molecule has 4 heteroatoms. The van der Waals surface area contributed by atoms with E-state index in [1.165, 1.54) is 5.56 Å². The largest absolute Gasteiger partial charge is 0.339 e. The minimum atomic E-state index is 0.339. The maximum Gasteiger partial charge on any atom is 0.231 e. The molecule has 1 N–H and O–H groups in total. The van der Waals surface area contributed by atoms with Crippen LogP contribution in [0.5, 0.6) is 0 Å². The van der Waals surface area contributed by atoms with Crippen LogP contribution in [0.3, 0.4) is 0 Å². The molecule has 1 aromatic carbocycles. The lowest BCUT2D eigenvalue weighted by atomic mass is 10.0. The first-order valence-corrected chi connectivity index (χ1v) is 7.32. The van der Waals surface area contributed by atoms with E-state index in [1.54, 1.807) is 0 Å². The summed E-state index contributed by atoms with van der Waals surface area (Å²) in [4.78, 5) is 4.57. The summed E-state index contributed by atoms with van der Waals surface area (Å²) >= 11 is 0. The molecular weight excluding hydrogens is 250 g/mol. The van der Waals surface area contributed by atoms with Crippen LogP contribution in [0, 0.1) is 0 Å². The molecule has 1 aromatic heterocycles. The Morgan fingerprint density at radius 2 is 2.00 bits per heavy atom. The van der Waals surface area contributed by atoms with Crippen molar-refractivity contribution in [2.45, 2.75) is 45.1 Å². The highest BCUT2D eigenvalue weighted by molar-refractivity contribution is 5.54. The molecule has 1 saturated heterocycles. The van der Waals surface area contributed by atoms with Crippen molar-refractivity contribution in [2.75, 3.05) is 6.54 Å². The highest BCUT2D eigenvalue weighted by Crippen LogP contribution is 2.28. The summed E-state index contributed by atoms with van der Waals surface area (Å²) in [5, 5.41) is 7.54. The fraction of sp³-hybridized carbons (Fsp3) is 0.500. The third-order valence-electron chi connectivity index (χ3n) is 4.12. The Labute approximate surface area is 119 Å². The SMILES string of the molecule is CC(C)c1ccc(-c2noc(C3CCNC3C)n2)cc1. The van der Waals surface area contributed by atoms with Crippen LogP contribution in [0.1, 0.15) is 50.5 Å². The molecule has 0 amide bonds. The maximum atomic E-state index is 5.45. The van der Waals surface area contributed by atoms with Gasteiger partial charge in [0.25, 0.3) is 0 Å². The van der Waals surface area contributed by atoms with E-state index < -0.39 is 0 Å². The van der Waals surface area contributed by atoms with Crippen LogP contribution in [0.25, 0.3) is 11.4 Å². The summed E-state index contributed by atoms with van der Waals surface area (Å²) in [6.45, 7) is 7.57. The molecule has 0 bridgehead atoms. The highest BCUT2D eigenvalue weighted by Gasteiger charge is 2.29. The molecule has 2 unspecified atom stereocenters. The van der Waals surface area contributed by atoms with Gasteiger partial charge < -0.3 is 9.84 Å². The Balaban J connectivity index is 1.82. The molecule has 4 nitrogen and oxygen atoms in total. The molecule has 2 heterocycles. The lowest BCUT2D eigenvalue weighted by Crippen LogP contribution is -2.21. The van der Waals surface area contributed by atoms with Crippen LogP contribution in [0.4, 0.5) is 0 Å². The molecule has 0 saturated carbocycles. The lowest BCUT2D eigenvalue weighted by Gasteiger charge is -2.08. The van der Waals surface area contributed by atoms with Crippen molar-refractivity contribution in [1.82, 2.24) is 15.5 Å². The van der Waals surface area contributed by atoms with Crippen LogP contribution in [-0.4, -0.2) is 22.7 Å². The number of aromatic nitrogens is 2. The van der Waals surface area contributed by atoms with Gasteiger partial charge in [-0.15, -0.1) is 0 Å². The summed E-state index contributed by atoms with van der Waals surface area (Å²) in [5.41, 5.74) is 2.34. The summed E-state index contributed by atoms with van der Waals surface area (Å²) in [6, 6.07) is 8.82. The van der Waals surface area contributed by atoms with Gasteiger partial charge in [0.1, 0.15) is 0 Å². The summed E-state index contributed by atoms with van der Waals surface area (Å²) in [6.07, 6.45) is 1.06. The van der Waals surface area contributed by atoms with Gasteiger partial charge in [0.2, 0.25) is 11.7 Å². The van der Waals surface area contributed by atoms with Gasteiger partial charge in [-0.3, -0.25) is 0 Å². The van der Waals surface area contributed by atoms with Crippen molar-refractivity contribution in [3.63, 3.8) is 0 Å². The Morgan fingerprint density at radius 3 is 2.60 bits per heavy atom. The molecule has 2 aromatic rings. The van der Waals surface area contributed by atoms with Gasteiger partial charge in [0.15, 0.2) is 0 Å². The molecule has 0 spiro atoms. The van der Waals surface area contributed by atoms with E-state index in [-0.39, 0.29) is 0 Å². The quantitative estimate of drug-likeness (QED) is 0.930. The summed E-state index contributed by atoms with van der Waals surface area (Å²) < 4.78 is 5.45. The number of rotatable bonds is 3. The first-order chi connectivity index (χ1) is 9.65. The van der Waals surface area contributed by atoms with Crippen molar-refractivity contribution in [1.29, 1.82) is 0 Å². The predicted molar refractivity (Wildman–Crippen MR) is 78.6 cm³/mol. The number of nitrogens with one attached hydrogen (secondary N) is 1. The van der Waals surface area contributed by atoms with Crippen molar-refractivity contribution < 1.29 is 4.52 Å². The van der Waals surface area contributed by atoms with Gasteiger partial charge in [0.05, 0.1) is 5.92 Å². The van der Waals surface area contributed by atoms with Crippen LogP contribution < -0.4 is 5.32 Å². The fourth-order valence-electron chi connectivity index (χ4n) is 2.72. The minimum Gasteiger partial charge on any atom is -0.339 e. The van der Waals surface area contributed by atoms with Gasteiger partial charge in [-0.05, 0) is 31.4 Å². The second-order valence-corrected chi connectivity index (χ2v) is 5.87. The van der Waals surface area contributed by atoms with Gasteiger partial charge in [-0.2, -0.15) is 4.98 Å². The highest BCUT2D eigenvalue weighted by atomic mass is 16.5. The predicted octanol–water partition coefficient (Wildman–Crippen LogP) is 3.33. The number of hydrogen-bond donors (Lipinski definition) is 1. The Bertz CT molecular complexity index is 574. The second kappa shape index (κ2) is 5.37. The zero-order valence-corrected chi connectivity index (χ0v) is 12.3. The first-order valence-electron chi connectivity index (χ1n) is 7.32. The molecule has 1 aliphatic heterocycles. The van der Waals surface area contributed by atoms with E-state index in [0.29, 0.717) is 23.7 Å². The van der Waals surface area contributed by atoms with Crippen molar-refractivity contribution >= 4 is 0 Å².